The Kier molecular flexibility index (Phi) is 4.87. The number of aryl methyl sites for hydroxylation is 2. The van der Waals surface area contributed by atoms with Crippen molar-refractivity contribution in [1.29, 1.82) is 0 Å². The second kappa shape index (κ2) is 6.89. The summed E-state index contributed by atoms with van der Waals surface area (Å²) in [4.78, 5) is 19.8. The van der Waals surface area contributed by atoms with Crippen molar-refractivity contribution in [1.82, 2.24) is 9.80 Å². The predicted molar refractivity (Wildman–Crippen MR) is 92.9 cm³/mol. The maximum atomic E-state index is 13.2. The fourth-order valence-corrected chi connectivity index (χ4v) is 4.16. The van der Waals surface area contributed by atoms with Crippen LogP contribution in [0.4, 0.5) is 0 Å². The van der Waals surface area contributed by atoms with E-state index in [2.05, 4.69) is 18.9 Å². The molecule has 5 heteroatoms. The number of amides is 1. The van der Waals surface area contributed by atoms with Gasteiger partial charge < -0.3 is 14.2 Å². The Hall–Kier alpha value is -1.59. The number of thiophene rings is 1. The highest BCUT2D eigenvalue weighted by molar-refractivity contribution is 7.12. The summed E-state index contributed by atoms with van der Waals surface area (Å²) in [5.74, 6) is 0.986. The Morgan fingerprint density at radius 2 is 2.13 bits per heavy atom. The molecule has 1 saturated heterocycles. The molecule has 1 amide bonds. The van der Waals surface area contributed by atoms with E-state index in [4.69, 9.17) is 4.42 Å². The van der Waals surface area contributed by atoms with E-state index < -0.39 is 0 Å². The number of carbonyl (C=O) groups is 1. The van der Waals surface area contributed by atoms with Gasteiger partial charge in [-0.2, -0.15) is 0 Å². The van der Waals surface area contributed by atoms with Gasteiger partial charge in [-0.05, 0) is 65.0 Å². The minimum absolute atomic E-state index is 0.137. The number of piperidine rings is 1. The molecule has 0 aliphatic carbocycles. The molecule has 4 nitrogen and oxygen atoms in total. The molecule has 0 spiro atoms. The summed E-state index contributed by atoms with van der Waals surface area (Å²) in [6.45, 7) is 6.71. The Morgan fingerprint density at radius 3 is 2.70 bits per heavy atom. The van der Waals surface area contributed by atoms with Crippen molar-refractivity contribution in [3.63, 3.8) is 0 Å². The molecule has 1 aliphatic rings. The number of carbonyl (C=O) groups excluding carboxylic acids is 1. The SMILES string of the molecule is Cc1cc(C(=O)N(Cc2ccco2)C2CCN(C)CC2)c(C)s1. The van der Waals surface area contributed by atoms with Gasteiger partial charge in [-0.15, -0.1) is 11.3 Å². The fraction of sp³-hybridized carbons (Fsp3) is 0.500. The van der Waals surface area contributed by atoms with Crippen molar-refractivity contribution >= 4 is 17.2 Å². The number of furan rings is 1. The van der Waals surface area contributed by atoms with Crippen LogP contribution in [0.15, 0.2) is 28.9 Å². The smallest absolute Gasteiger partial charge is 0.255 e. The molecule has 0 N–H and O–H groups in total. The fourth-order valence-electron chi connectivity index (χ4n) is 3.24. The zero-order valence-electron chi connectivity index (χ0n) is 14.0. The van der Waals surface area contributed by atoms with Crippen LogP contribution in [-0.4, -0.2) is 41.9 Å². The molecule has 0 aromatic carbocycles. The van der Waals surface area contributed by atoms with Crippen LogP contribution in [0.3, 0.4) is 0 Å². The minimum atomic E-state index is 0.137. The third-order valence-corrected chi connectivity index (χ3v) is 5.53. The van der Waals surface area contributed by atoms with Gasteiger partial charge >= 0.3 is 0 Å². The van der Waals surface area contributed by atoms with Crippen LogP contribution in [-0.2, 0) is 6.54 Å². The van der Waals surface area contributed by atoms with Crippen molar-refractivity contribution < 1.29 is 9.21 Å². The van der Waals surface area contributed by atoms with E-state index >= 15 is 0 Å². The molecule has 0 radical (unpaired) electrons. The van der Waals surface area contributed by atoms with E-state index in [0.717, 1.165) is 42.1 Å². The zero-order chi connectivity index (χ0) is 16.4. The molecule has 0 atom stereocenters. The molecular weight excluding hydrogens is 308 g/mol. The Morgan fingerprint density at radius 1 is 1.39 bits per heavy atom. The molecule has 0 saturated carbocycles. The Balaban J connectivity index is 1.84. The Bertz CT molecular complexity index is 655. The molecule has 0 unspecified atom stereocenters. The summed E-state index contributed by atoms with van der Waals surface area (Å²) in [5, 5.41) is 0. The van der Waals surface area contributed by atoms with Crippen LogP contribution in [0, 0.1) is 13.8 Å². The van der Waals surface area contributed by atoms with E-state index in [1.807, 2.05) is 30.0 Å². The highest BCUT2D eigenvalue weighted by atomic mass is 32.1. The summed E-state index contributed by atoms with van der Waals surface area (Å²) < 4.78 is 5.50. The highest BCUT2D eigenvalue weighted by Crippen LogP contribution is 2.26. The maximum Gasteiger partial charge on any atom is 0.255 e. The van der Waals surface area contributed by atoms with Gasteiger partial charge in [0.05, 0.1) is 18.4 Å². The Labute approximate surface area is 141 Å². The van der Waals surface area contributed by atoms with Crippen LogP contribution in [0.2, 0.25) is 0 Å². The van der Waals surface area contributed by atoms with Gasteiger partial charge in [0.2, 0.25) is 0 Å². The molecule has 3 rings (SSSR count). The van der Waals surface area contributed by atoms with Gasteiger partial charge in [0.1, 0.15) is 5.76 Å². The van der Waals surface area contributed by atoms with Crippen molar-refractivity contribution in [3.8, 4) is 0 Å². The van der Waals surface area contributed by atoms with Crippen molar-refractivity contribution in [2.24, 2.45) is 0 Å². The van der Waals surface area contributed by atoms with Crippen LogP contribution in [0.1, 0.15) is 38.7 Å². The van der Waals surface area contributed by atoms with Crippen LogP contribution < -0.4 is 0 Å². The molecule has 1 aliphatic heterocycles. The van der Waals surface area contributed by atoms with Gasteiger partial charge in [0.25, 0.3) is 5.91 Å². The summed E-state index contributed by atoms with van der Waals surface area (Å²) in [6.07, 6.45) is 3.71. The average molecular weight is 332 g/mol. The zero-order valence-corrected chi connectivity index (χ0v) is 14.9. The number of rotatable bonds is 4. The van der Waals surface area contributed by atoms with Gasteiger partial charge in [0, 0.05) is 15.8 Å². The first-order valence-corrected chi connectivity index (χ1v) is 8.95. The summed E-state index contributed by atoms with van der Waals surface area (Å²) in [6, 6.07) is 6.13. The normalized spacial score (nSPS) is 16.7. The topological polar surface area (TPSA) is 36.7 Å². The predicted octanol–water partition coefficient (Wildman–Crippen LogP) is 3.69. The molecule has 0 bridgehead atoms. The molecular formula is C18H24N2O2S. The standard InChI is InChI=1S/C18H24N2O2S/c1-13-11-17(14(2)23-13)18(21)20(12-16-5-4-10-22-16)15-6-8-19(3)9-7-15/h4-5,10-11,15H,6-9,12H2,1-3H3. The number of hydrogen-bond acceptors (Lipinski definition) is 4. The minimum Gasteiger partial charge on any atom is -0.467 e. The lowest BCUT2D eigenvalue weighted by Gasteiger charge is -2.37. The largest absolute Gasteiger partial charge is 0.467 e. The van der Waals surface area contributed by atoms with Gasteiger partial charge in [-0.25, -0.2) is 0 Å². The molecule has 3 heterocycles. The third-order valence-electron chi connectivity index (χ3n) is 4.57. The summed E-state index contributed by atoms with van der Waals surface area (Å²) in [5.41, 5.74) is 0.845. The number of likely N-dealkylation sites (tertiary alicyclic amines) is 1. The van der Waals surface area contributed by atoms with Crippen LogP contribution >= 0.6 is 11.3 Å². The highest BCUT2D eigenvalue weighted by Gasteiger charge is 2.29. The number of hydrogen-bond donors (Lipinski definition) is 0. The monoisotopic (exact) mass is 332 g/mol. The summed E-state index contributed by atoms with van der Waals surface area (Å²) in [7, 11) is 2.14. The lowest BCUT2D eigenvalue weighted by atomic mass is 10.0. The van der Waals surface area contributed by atoms with E-state index in [0.29, 0.717) is 6.54 Å². The molecule has 2 aromatic heterocycles. The van der Waals surface area contributed by atoms with Crippen LogP contribution in [0.25, 0.3) is 0 Å². The van der Waals surface area contributed by atoms with Gasteiger partial charge in [-0.1, -0.05) is 0 Å². The average Bonchev–Trinajstić information content (AvgIpc) is 3.14. The first-order chi connectivity index (χ1) is 11.0. The van der Waals surface area contributed by atoms with E-state index in [-0.39, 0.29) is 11.9 Å². The third kappa shape index (κ3) is 3.67. The molecule has 1 fully saturated rings. The maximum absolute atomic E-state index is 13.2. The van der Waals surface area contributed by atoms with Gasteiger partial charge in [-0.3, -0.25) is 4.79 Å². The lowest BCUT2D eigenvalue weighted by Crippen LogP contribution is -2.46. The van der Waals surface area contributed by atoms with Crippen molar-refractivity contribution in [2.45, 2.75) is 39.3 Å². The van der Waals surface area contributed by atoms with E-state index in [1.165, 1.54) is 4.88 Å². The lowest BCUT2D eigenvalue weighted by molar-refractivity contribution is 0.0550. The molecule has 2 aromatic rings. The van der Waals surface area contributed by atoms with Gasteiger partial charge in [0.15, 0.2) is 0 Å². The molecule has 124 valence electrons. The second-order valence-corrected chi connectivity index (χ2v) is 7.83. The van der Waals surface area contributed by atoms with Crippen molar-refractivity contribution in [2.75, 3.05) is 20.1 Å². The van der Waals surface area contributed by atoms with E-state index in [1.54, 1.807) is 17.6 Å². The second-order valence-electron chi connectivity index (χ2n) is 6.37. The van der Waals surface area contributed by atoms with Crippen molar-refractivity contribution in [3.05, 3.63) is 45.5 Å². The first kappa shape index (κ1) is 16.3. The summed E-state index contributed by atoms with van der Waals surface area (Å²) >= 11 is 1.69. The quantitative estimate of drug-likeness (QED) is 0.857. The first-order valence-electron chi connectivity index (χ1n) is 8.13. The molecule has 23 heavy (non-hydrogen) atoms. The number of nitrogens with zero attached hydrogens (tertiary/aromatic N) is 2. The van der Waals surface area contributed by atoms with E-state index in [9.17, 15) is 4.79 Å². The van der Waals surface area contributed by atoms with Crippen LogP contribution in [0.5, 0.6) is 0 Å².